The van der Waals surface area contributed by atoms with Crippen LogP contribution in [-0.4, -0.2) is 29.2 Å². The molecule has 176 valence electrons. The van der Waals surface area contributed by atoms with E-state index in [-0.39, 0.29) is 24.9 Å². The third kappa shape index (κ3) is 5.82. The highest BCUT2D eigenvalue weighted by atomic mass is 35.5. The number of hydrogen-bond donors (Lipinski definition) is 0. The molecule has 1 atom stereocenters. The smallest absolute Gasteiger partial charge is 0.390 e. The van der Waals surface area contributed by atoms with E-state index >= 15 is 0 Å². The SMILES string of the molecule is O=C(C1CCCC1)N(Cc1cccc(C(F)(F)F)c1)CC1CC(c2ccc(Cl)c(Cl)c2)=NO1. The Balaban J connectivity index is 1.49. The summed E-state index contributed by atoms with van der Waals surface area (Å²) >= 11 is 12.1. The number of alkyl halides is 3. The third-order valence-electron chi connectivity index (χ3n) is 6.05. The molecule has 1 fully saturated rings. The summed E-state index contributed by atoms with van der Waals surface area (Å²) in [4.78, 5) is 20.4. The molecule has 2 aliphatic rings. The van der Waals surface area contributed by atoms with Crippen molar-refractivity contribution in [2.75, 3.05) is 6.54 Å². The van der Waals surface area contributed by atoms with Crippen LogP contribution in [0.5, 0.6) is 0 Å². The van der Waals surface area contributed by atoms with E-state index in [1.807, 2.05) is 0 Å². The molecule has 0 radical (unpaired) electrons. The standard InChI is InChI=1S/C24H23Cl2F3N2O2/c25-20-9-8-17(11-21(20)26)22-12-19(33-30-22)14-31(23(32)16-5-1-2-6-16)13-15-4-3-7-18(10-15)24(27,28)29/h3-4,7-11,16,19H,1-2,5-6,12-14H2. The van der Waals surface area contributed by atoms with Crippen molar-refractivity contribution in [3.63, 3.8) is 0 Å². The molecule has 1 aliphatic heterocycles. The van der Waals surface area contributed by atoms with Crippen LogP contribution in [0.4, 0.5) is 13.2 Å². The molecule has 1 heterocycles. The maximum Gasteiger partial charge on any atom is 0.416 e. The van der Waals surface area contributed by atoms with Crippen LogP contribution in [0, 0.1) is 5.92 Å². The number of benzene rings is 2. The highest BCUT2D eigenvalue weighted by Crippen LogP contribution is 2.32. The minimum absolute atomic E-state index is 0.0449. The maximum atomic E-state index is 13.2. The van der Waals surface area contributed by atoms with Crippen molar-refractivity contribution in [3.8, 4) is 0 Å². The number of amides is 1. The van der Waals surface area contributed by atoms with Crippen LogP contribution in [-0.2, 0) is 22.4 Å². The summed E-state index contributed by atoms with van der Waals surface area (Å²) in [7, 11) is 0. The average Bonchev–Trinajstić information content (AvgIpc) is 3.47. The fourth-order valence-electron chi connectivity index (χ4n) is 4.35. The number of oxime groups is 1. The van der Waals surface area contributed by atoms with Gasteiger partial charge in [-0.2, -0.15) is 13.2 Å². The lowest BCUT2D eigenvalue weighted by Crippen LogP contribution is -2.40. The summed E-state index contributed by atoms with van der Waals surface area (Å²) in [5, 5.41) is 4.99. The lowest BCUT2D eigenvalue weighted by molar-refractivity contribution is -0.137. The molecule has 0 aromatic heterocycles. The van der Waals surface area contributed by atoms with E-state index in [9.17, 15) is 18.0 Å². The molecule has 4 rings (SSSR count). The first-order chi connectivity index (χ1) is 15.7. The van der Waals surface area contributed by atoms with Gasteiger partial charge in [0.05, 0.1) is 27.9 Å². The first-order valence-corrected chi connectivity index (χ1v) is 11.6. The first-order valence-electron chi connectivity index (χ1n) is 10.8. The van der Waals surface area contributed by atoms with Gasteiger partial charge in [-0.05, 0) is 42.7 Å². The quantitative estimate of drug-likeness (QED) is 0.443. The van der Waals surface area contributed by atoms with Gasteiger partial charge >= 0.3 is 6.18 Å². The fraction of sp³-hybridized carbons (Fsp3) is 0.417. The zero-order valence-electron chi connectivity index (χ0n) is 17.7. The van der Waals surface area contributed by atoms with Gasteiger partial charge in [-0.25, -0.2) is 0 Å². The summed E-state index contributed by atoms with van der Waals surface area (Å²) in [5.41, 5.74) is 1.17. The van der Waals surface area contributed by atoms with Crippen LogP contribution in [0.1, 0.15) is 48.8 Å². The second kappa shape index (κ2) is 9.94. The molecule has 1 unspecified atom stereocenters. The van der Waals surface area contributed by atoms with Gasteiger partial charge in [0.2, 0.25) is 5.91 Å². The molecule has 4 nitrogen and oxygen atoms in total. The molecule has 0 spiro atoms. The van der Waals surface area contributed by atoms with Crippen molar-refractivity contribution in [2.24, 2.45) is 11.1 Å². The molecule has 2 aromatic rings. The Morgan fingerprint density at radius 1 is 1.09 bits per heavy atom. The average molecular weight is 499 g/mol. The predicted octanol–water partition coefficient (Wildman–Crippen LogP) is 6.72. The molecular formula is C24H23Cl2F3N2O2. The van der Waals surface area contributed by atoms with E-state index in [1.54, 1.807) is 29.2 Å². The van der Waals surface area contributed by atoms with Crippen molar-refractivity contribution in [1.82, 2.24) is 4.90 Å². The van der Waals surface area contributed by atoms with E-state index in [0.717, 1.165) is 43.4 Å². The molecule has 1 saturated carbocycles. The lowest BCUT2D eigenvalue weighted by atomic mass is 10.0. The number of carbonyl (C=O) groups excluding carboxylic acids is 1. The van der Waals surface area contributed by atoms with Crippen LogP contribution in [0.2, 0.25) is 10.0 Å². The van der Waals surface area contributed by atoms with Gasteiger partial charge in [-0.15, -0.1) is 0 Å². The monoisotopic (exact) mass is 498 g/mol. The van der Waals surface area contributed by atoms with Crippen LogP contribution in [0.25, 0.3) is 0 Å². The van der Waals surface area contributed by atoms with Crippen molar-refractivity contribution in [1.29, 1.82) is 0 Å². The summed E-state index contributed by atoms with van der Waals surface area (Å²) in [6.45, 7) is 0.321. The maximum absolute atomic E-state index is 13.2. The number of halogens is 5. The highest BCUT2D eigenvalue weighted by Gasteiger charge is 2.33. The van der Waals surface area contributed by atoms with Gasteiger partial charge in [-0.1, -0.05) is 59.4 Å². The summed E-state index contributed by atoms with van der Waals surface area (Å²) in [5.74, 6) is -0.149. The minimum atomic E-state index is -4.44. The first kappa shape index (κ1) is 23.9. The van der Waals surface area contributed by atoms with E-state index in [4.69, 9.17) is 28.0 Å². The van der Waals surface area contributed by atoms with Gasteiger partial charge in [0.25, 0.3) is 0 Å². The van der Waals surface area contributed by atoms with Crippen molar-refractivity contribution >= 4 is 34.8 Å². The van der Waals surface area contributed by atoms with E-state index in [2.05, 4.69) is 5.16 Å². The predicted molar refractivity (Wildman–Crippen MR) is 121 cm³/mol. The summed E-state index contributed by atoms with van der Waals surface area (Å²) in [6, 6.07) is 10.3. The zero-order chi connectivity index (χ0) is 23.6. The van der Waals surface area contributed by atoms with Crippen LogP contribution < -0.4 is 0 Å². The Morgan fingerprint density at radius 2 is 1.85 bits per heavy atom. The van der Waals surface area contributed by atoms with Gasteiger partial charge < -0.3 is 9.74 Å². The van der Waals surface area contributed by atoms with E-state index in [1.165, 1.54) is 6.07 Å². The Kier molecular flexibility index (Phi) is 7.19. The van der Waals surface area contributed by atoms with Gasteiger partial charge in [0, 0.05) is 24.4 Å². The Hall–Kier alpha value is -2.25. The number of hydrogen-bond acceptors (Lipinski definition) is 3. The van der Waals surface area contributed by atoms with Gasteiger partial charge in [0.15, 0.2) is 6.10 Å². The lowest BCUT2D eigenvalue weighted by Gasteiger charge is -2.28. The minimum Gasteiger partial charge on any atom is -0.390 e. The van der Waals surface area contributed by atoms with Gasteiger partial charge in [-0.3, -0.25) is 4.79 Å². The Labute approximate surface area is 200 Å². The second-order valence-electron chi connectivity index (χ2n) is 8.50. The van der Waals surface area contributed by atoms with Crippen LogP contribution >= 0.6 is 23.2 Å². The molecule has 2 aromatic carbocycles. The molecular weight excluding hydrogens is 476 g/mol. The van der Waals surface area contributed by atoms with Crippen molar-refractivity contribution in [2.45, 2.75) is 50.9 Å². The topological polar surface area (TPSA) is 41.9 Å². The molecule has 0 N–H and O–H groups in total. The Bertz CT molecular complexity index is 1050. The third-order valence-corrected chi connectivity index (χ3v) is 6.79. The molecule has 1 aliphatic carbocycles. The van der Waals surface area contributed by atoms with Crippen molar-refractivity contribution < 1.29 is 22.8 Å². The van der Waals surface area contributed by atoms with E-state index < -0.39 is 17.8 Å². The number of nitrogens with zero attached hydrogens (tertiary/aromatic N) is 2. The fourth-order valence-corrected chi connectivity index (χ4v) is 4.65. The molecule has 33 heavy (non-hydrogen) atoms. The summed E-state index contributed by atoms with van der Waals surface area (Å²) in [6.07, 6.45) is -0.812. The molecule has 1 amide bonds. The van der Waals surface area contributed by atoms with Crippen LogP contribution in [0.15, 0.2) is 47.6 Å². The molecule has 9 heteroatoms. The highest BCUT2D eigenvalue weighted by molar-refractivity contribution is 6.42. The molecule has 0 saturated heterocycles. The normalized spacial score (nSPS) is 18.8. The second-order valence-corrected chi connectivity index (χ2v) is 9.31. The van der Waals surface area contributed by atoms with Crippen molar-refractivity contribution in [3.05, 3.63) is 69.2 Å². The van der Waals surface area contributed by atoms with E-state index in [0.29, 0.717) is 27.7 Å². The molecule has 0 bridgehead atoms. The summed E-state index contributed by atoms with van der Waals surface area (Å²) < 4.78 is 39.5. The van der Waals surface area contributed by atoms with Gasteiger partial charge in [0.1, 0.15) is 0 Å². The number of rotatable bonds is 6. The Morgan fingerprint density at radius 3 is 2.55 bits per heavy atom. The number of carbonyl (C=O) groups is 1. The van der Waals surface area contributed by atoms with Crippen LogP contribution in [0.3, 0.4) is 0 Å². The largest absolute Gasteiger partial charge is 0.416 e. The zero-order valence-corrected chi connectivity index (χ0v) is 19.3.